The predicted octanol–water partition coefficient (Wildman–Crippen LogP) is 7.19. The first kappa shape index (κ1) is 39.4. The van der Waals surface area contributed by atoms with Crippen molar-refractivity contribution in [2.24, 2.45) is 0 Å². The minimum atomic E-state index is -9.74. The first-order valence-electron chi connectivity index (χ1n) is 8.61. The second-order valence-electron chi connectivity index (χ2n) is 7.47. The molecule has 0 saturated heterocycles. The summed E-state index contributed by atoms with van der Waals surface area (Å²) in [5.41, 5.74) is 0. The Labute approximate surface area is 209 Å². The van der Waals surface area contributed by atoms with E-state index in [2.05, 4.69) is 0 Å². The molecule has 250 valence electrons. The van der Waals surface area contributed by atoms with Crippen LogP contribution in [0.3, 0.4) is 0 Å². The number of hydrogen-bond acceptors (Lipinski definition) is 2. The second-order valence-corrected chi connectivity index (χ2v) is 7.47. The van der Waals surface area contributed by atoms with Crippen molar-refractivity contribution < 1.29 is 124 Å². The number of rotatable bonds is 13. The van der Waals surface area contributed by atoms with Crippen LogP contribution in [0.1, 0.15) is 0 Å². The van der Waals surface area contributed by atoms with Crippen molar-refractivity contribution in [3.63, 3.8) is 0 Å². The highest BCUT2D eigenvalue weighted by molar-refractivity contribution is 5.78. The Hall–Kier alpha value is -2.61. The van der Waals surface area contributed by atoms with Crippen LogP contribution >= 0.6 is 0 Å². The molecule has 0 radical (unpaired) electrons. The summed E-state index contributed by atoms with van der Waals surface area (Å²) < 4.78 is 330. The SMILES string of the molecule is O=C(O)C(F)(F)C(F)(F)C(F)(F)C(F)(F)C(F)(F)C(F)(F)C(F)(F)C(F)(F)C(F)(F)C(F)(F)C(F)(F)C(F)(F)C(=O)F. The normalized spacial score (nSPS) is 16.5. The lowest BCUT2D eigenvalue weighted by atomic mass is 9.84. The van der Waals surface area contributed by atoms with Crippen molar-refractivity contribution in [1.82, 2.24) is 0 Å². The van der Waals surface area contributed by atoms with Gasteiger partial charge in [0.15, 0.2) is 0 Å². The Morgan fingerprint density at radius 3 is 0.595 bits per heavy atom. The lowest BCUT2D eigenvalue weighted by molar-refractivity contribution is -0.476. The molecule has 0 aliphatic carbocycles. The number of carboxylic acids is 1. The molecule has 0 amide bonds. The number of carbonyl (C=O) groups is 2. The number of carbonyl (C=O) groups excluding carboxylic acids is 1. The van der Waals surface area contributed by atoms with Gasteiger partial charge < -0.3 is 5.11 Å². The third-order valence-corrected chi connectivity index (χ3v) is 4.85. The Morgan fingerprint density at radius 2 is 0.452 bits per heavy atom. The summed E-state index contributed by atoms with van der Waals surface area (Å²) >= 11 is 0. The molecule has 0 atom stereocenters. The van der Waals surface area contributed by atoms with Crippen LogP contribution in [0.2, 0.25) is 0 Å². The topological polar surface area (TPSA) is 54.4 Å². The molecular formula is C14HF25O3. The Balaban J connectivity index is 7.45. The first-order valence-corrected chi connectivity index (χ1v) is 8.61. The van der Waals surface area contributed by atoms with Crippen molar-refractivity contribution in [2.45, 2.75) is 71.1 Å². The van der Waals surface area contributed by atoms with Crippen LogP contribution in [0, 0.1) is 0 Å². The zero-order valence-electron chi connectivity index (χ0n) is 17.7. The average molecular weight is 692 g/mol. The first-order chi connectivity index (χ1) is 17.6. The van der Waals surface area contributed by atoms with E-state index in [0.29, 0.717) is 0 Å². The van der Waals surface area contributed by atoms with Gasteiger partial charge in [-0.25, -0.2) is 4.79 Å². The Morgan fingerprint density at radius 1 is 0.310 bits per heavy atom. The van der Waals surface area contributed by atoms with E-state index in [4.69, 9.17) is 5.11 Å². The minimum absolute atomic E-state index is 4.69. The van der Waals surface area contributed by atoms with Crippen molar-refractivity contribution in [2.75, 3.05) is 0 Å². The molecular weight excluding hydrogens is 691 g/mol. The third kappa shape index (κ3) is 4.21. The lowest BCUT2D eigenvalue weighted by Gasteiger charge is -2.45. The number of aliphatic carboxylic acids is 1. The van der Waals surface area contributed by atoms with E-state index in [1.54, 1.807) is 0 Å². The van der Waals surface area contributed by atoms with Crippen LogP contribution < -0.4 is 0 Å². The molecule has 0 aliphatic heterocycles. The Bertz CT molecular complexity index is 986. The van der Waals surface area contributed by atoms with Gasteiger partial charge >= 0.3 is 83.1 Å². The van der Waals surface area contributed by atoms with E-state index < -0.39 is 83.1 Å². The van der Waals surface area contributed by atoms with Gasteiger partial charge in [0.2, 0.25) is 0 Å². The van der Waals surface area contributed by atoms with Gasteiger partial charge in [-0.05, 0) is 0 Å². The molecule has 28 heteroatoms. The van der Waals surface area contributed by atoms with Gasteiger partial charge in [0, 0.05) is 0 Å². The van der Waals surface area contributed by atoms with E-state index in [1.165, 1.54) is 0 Å². The number of halogens is 25. The summed E-state index contributed by atoms with van der Waals surface area (Å²) in [5, 5.41) is 7.65. The highest BCUT2D eigenvalue weighted by Crippen LogP contribution is 2.67. The monoisotopic (exact) mass is 692 g/mol. The van der Waals surface area contributed by atoms with Crippen molar-refractivity contribution in [3.8, 4) is 0 Å². The maximum atomic E-state index is 13.6. The zero-order valence-corrected chi connectivity index (χ0v) is 17.7. The van der Waals surface area contributed by atoms with Gasteiger partial charge in [0.05, 0.1) is 0 Å². The van der Waals surface area contributed by atoms with E-state index in [-0.39, 0.29) is 0 Å². The second kappa shape index (κ2) is 9.44. The molecule has 0 saturated carbocycles. The minimum Gasteiger partial charge on any atom is -0.477 e. The van der Waals surface area contributed by atoms with Gasteiger partial charge in [-0.2, -0.15) is 110 Å². The molecule has 42 heavy (non-hydrogen) atoms. The molecule has 0 rings (SSSR count). The third-order valence-electron chi connectivity index (χ3n) is 4.85. The molecule has 0 unspecified atom stereocenters. The van der Waals surface area contributed by atoms with Crippen LogP contribution in [0.5, 0.6) is 0 Å². The fourth-order valence-electron chi connectivity index (χ4n) is 2.23. The molecule has 0 spiro atoms. The van der Waals surface area contributed by atoms with Crippen LogP contribution in [0.25, 0.3) is 0 Å². The van der Waals surface area contributed by atoms with Crippen LogP contribution in [-0.2, 0) is 9.59 Å². The molecule has 0 aromatic carbocycles. The quantitative estimate of drug-likeness (QED) is 0.164. The van der Waals surface area contributed by atoms with Gasteiger partial charge in [-0.1, -0.05) is 0 Å². The molecule has 1 N–H and O–H groups in total. The van der Waals surface area contributed by atoms with Gasteiger partial charge in [-0.15, -0.1) is 0 Å². The number of carboxylic acid groups (broad SMARTS) is 1. The molecule has 0 heterocycles. The van der Waals surface area contributed by atoms with E-state index >= 15 is 0 Å². The molecule has 0 aromatic rings. The lowest BCUT2D eigenvalue weighted by Crippen LogP contribution is -2.78. The number of hydrogen-bond donors (Lipinski definition) is 1. The summed E-state index contributed by atoms with van der Waals surface area (Å²) in [5.74, 6) is -114. The largest absolute Gasteiger partial charge is 0.477 e. The fraction of sp³-hybridized carbons (Fsp3) is 0.857. The average Bonchev–Trinajstić information content (AvgIpc) is 2.77. The highest BCUT2D eigenvalue weighted by atomic mass is 19.4. The van der Waals surface area contributed by atoms with Crippen LogP contribution in [-0.4, -0.2) is 88.2 Å². The fourth-order valence-corrected chi connectivity index (χ4v) is 2.23. The summed E-state index contributed by atoms with van der Waals surface area (Å²) in [6, 6.07) is -5.18. The smallest absolute Gasteiger partial charge is 0.410 e. The predicted molar refractivity (Wildman–Crippen MR) is 73.1 cm³/mol. The van der Waals surface area contributed by atoms with Crippen molar-refractivity contribution >= 4 is 12.0 Å². The van der Waals surface area contributed by atoms with E-state index in [9.17, 15) is 119 Å². The maximum absolute atomic E-state index is 13.6. The Kier molecular flexibility index (Phi) is 8.86. The summed E-state index contributed by atoms with van der Waals surface area (Å²) in [7, 11) is 0. The molecule has 0 bridgehead atoms. The maximum Gasteiger partial charge on any atom is 0.410 e. The summed E-state index contributed by atoms with van der Waals surface area (Å²) in [6.07, 6.45) is 0. The highest BCUT2D eigenvalue weighted by Gasteiger charge is 3.00. The zero-order chi connectivity index (χ0) is 35.2. The van der Waals surface area contributed by atoms with Crippen LogP contribution in [0.4, 0.5) is 110 Å². The molecule has 0 fully saturated rings. The standard InChI is InChI=1S/C14HF25O3/c15-1(40)3(16,17)5(20,21)7(24,25)9(28,29)11(32,33)13(36,37)14(38,39)12(34,35)10(30,31)8(26,27)6(22,23)4(18,19)2(41)42/h(H,41,42). The molecule has 0 aliphatic rings. The summed E-state index contributed by atoms with van der Waals surface area (Å²) in [6.45, 7) is 0. The van der Waals surface area contributed by atoms with Crippen LogP contribution in [0.15, 0.2) is 0 Å². The van der Waals surface area contributed by atoms with Gasteiger partial charge in [-0.3, -0.25) is 4.79 Å². The van der Waals surface area contributed by atoms with Gasteiger partial charge in [0.1, 0.15) is 0 Å². The van der Waals surface area contributed by atoms with Gasteiger partial charge in [0.25, 0.3) is 0 Å². The van der Waals surface area contributed by atoms with E-state index in [1.807, 2.05) is 0 Å². The molecule has 3 nitrogen and oxygen atoms in total. The van der Waals surface area contributed by atoms with Crippen molar-refractivity contribution in [1.29, 1.82) is 0 Å². The number of alkyl halides is 24. The van der Waals surface area contributed by atoms with Crippen molar-refractivity contribution in [3.05, 3.63) is 0 Å². The molecule has 0 aromatic heterocycles. The summed E-state index contributed by atoms with van der Waals surface area (Å²) in [4.78, 5) is 19.6. The van der Waals surface area contributed by atoms with E-state index in [0.717, 1.165) is 0 Å².